The first kappa shape index (κ1) is 16.8. The first-order valence-electron chi connectivity index (χ1n) is 7.60. The van der Waals surface area contributed by atoms with E-state index in [0.29, 0.717) is 32.1 Å². The molecule has 1 aromatic carbocycles. The van der Waals surface area contributed by atoms with Crippen molar-refractivity contribution in [1.82, 2.24) is 9.80 Å². The number of amides is 2. The van der Waals surface area contributed by atoms with Crippen molar-refractivity contribution in [2.24, 2.45) is 0 Å². The minimum atomic E-state index is -0.385. The van der Waals surface area contributed by atoms with Crippen LogP contribution >= 0.6 is 27.7 Å². The summed E-state index contributed by atoms with van der Waals surface area (Å²) in [7, 11) is 0. The zero-order chi connectivity index (χ0) is 16.4. The number of nitrogens with zero attached hydrogens (tertiary/aromatic N) is 2. The van der Waals surface area contributed by atoms with Gasteiger partial charge in [-0.2, -0.15) is 0 Å². The zero-order valence-electron chi connectivity index (χ0n) is 12.9. The van der Waals surface area contributed by atoms with Gasteiger partial charge in [0.15, 0.2) is 0 Å². The van der Waals surface area contributed by atoms with Crippen LogP contribution < -0.4 is 0 Å². The lowest BCUT2D eigenvalue weighted by molar-refractivity contribution is -0.146. The summed E-state index contributed by atoms with van der Waals surface area (Å²) in [5.41, 5.74) is 1.05. The molecule has 2 aliphatic rings. The van der Waals surface area contributed by atoms with Crippen LogP contribution in [-0.4, -0.2) is 59.7 Å². The van der Waals surface area contributed by atoms with Crippen LogP contribution in [0.4, 0.5) is 0 Å². The molecule has 2 atom stereocenters. The average Bonchev–Trinajstić information content (AvgIpc) is 3.01. The maximum atomic E-state index is 12.8. The van der Waals surface area contributed by atoms with Gasteiger partial charge in [0.05, 0.1) is 13.2 Å². The van der Waals surface area contributed by atoms with E-state index in [4.69, 9.17) is 4.74 Å². The van der Waals surface area contributed by atoms with Crippen molar-refractivity contribution in [2.75, 3.05) is 32.1 Å². The van der Waals surface area contributed by atoms with E-state index in [9.17, 15) is 9.59 Å². The van der Waals surface area contributed by atoms with Crippen LogP contribution in [0, 0.1) is 0 Å². The number of rotatable bonds is 2. The highest BCUT2D eigenvalue weighted by Crippen LogP contribution is 2.42. The summed E-state index contributed by atoms with van der Waals surface area (Å²) in [4.78, 5) is 28.5. The Hall–Kier alpha value is -1.05. The largest absolute Gasteiger partial charge is 0.378 e. The lowest BCUT2D eigenvalue weighted by atomic mass is 10.1. The highest BCUT2D eigenvalue weighted by molar-refractivity contribution is 9.10. The Morgan fingerprint density at radius 1 is 1.22 bits per heavy atom. The van der Waals surface area contributed by atoms with E-state index < -0.39 is 0 Å². The molecule has 0 bridgehead atoms. The van der Waals surface area contributed by atoms with Crippen molar-refractivity contribution in [1.29, 1.82) is 0 Å². The summed E-state index contributed by atoms with van der Waals surface area (Å²) in [6.45, 7) is 3.89. The average molecular weight is 399 g/mol. The predicted octanol–water partition coefficient (Wildman–Crippen LogP) is 2.27. The molecule has 0 radical (unpaired) electrons. The summed E-state index contributed by atoms with van der Waals surface area (Å²) in [6.07, 6.45) is 0. The Morgan fingerprint density at radius 3 is 2.48 bits per heavy atom. The van der Waals surface area contributed by atoms with Gasteiger partial charge in [0.2, 0.25) is 11.8 Å². The number of thioether (sulfide) groups is 1. The van der Waals surface area contributed by atoms with Crippen molar-refractivity contribution in [3.05, 3.63) is 34.3 Å². The van der Waals surface area contributed by atoms with E-state index in [1.165, 1.54) is 6.92 Å². The predicted molar refractivity (Wildman–Crippen MR) is 93.0 cm³/mol. The molecular formula is C16H19BrN2O3S. The number of benzene rings is 1. The summed E-state index contributed by atoms with van der Waals surface area (Å²) in [5.74, 6) is 0.612. The first-order valence-corrected chi connectivity index (χ1v) is 9.44. The Morgan fingerprint density at radius 2 is 1.87 bits per heavy atom. The number of carbonyl (C=O) groups excluding carboxylic acids is 2. The molecule has 5 nitrogen and oxygen atoms in total. The van der Waals surface area contributed by atoms with Gasteiger partial charge in [-0.3, -0.25) is 9.59 Å². The van der Waals surface area contributed by atoms with Gasteiger partial charge in [-0.1, -0.05) is 28.1 Å². The minimum Gasteiger partial charge on any atom is -0.378 e. The molecule has 124 valence electrons. The Labute approximate surface area is 148 Å². The van der Waals surface area contributed by atoms with Gasteiger partial charge >= 0.3 is 0 Å². The third-order valence-corrected chi connectivity index (χ3v) is 5.98. The molecule has 2 heterocycles. The highest BCUT2D eigenvalue weighted by atomic mass is 79.9. The molecule has 7 heteroatoms. The van der Waals surface area contributed by atoms with Crippen LogP contribution in [0.3, 0.4) is 0 Å². The SMILES string of the molecule is CC(=O)N1[C@@H](C(=O)N2CCOCC2)CS[C@H]1c1ccc(Br)cc1. The van der Waals surface area contributed by atoms with Crippen molar-refractivity contribution in [2.45, 2.75) is 18.3 Å². The molecule has 0 N–H and O–H groups in total. The number of morpholine rings is 1. The molecule has 23 heavy (non-hydrogen) atoms. The molecular weight excluding hydrogens is 380 g/mol. The second kappa shape index (κ2) is 7.23. The van der Waals surface area contributed by atoms with Gasteiger partial charge in [0.25, 0.3) is 0 Å². The molecule has 0 spiro atoms. The number of carbonyl (C=O) groups is 2. The topological polar surface area (TPSA) is 49.9 Å². The standard InChI is InChI=1S/C16H19BrN2O3S/c1-11(20)19-14(15(21)18-6-8-22-9-7-18)10-23-16(19)12-2-4-13(17)5-3-12/h2-5,14,16H,6-10H2,1H3/t14-,16+/m1/s1. The third kappa shape index (κ3) is 3.56. The van der Waals surface area contributed by atoms with E-state index in [2.05, 4.69) is 15.9 Å². The first-order chi connectivity index (χ1) is 11.1. The molecule has 2 amide bonds. The van der Waals surface area contributed by atoms with Gasteiger partial charge in [0.1, 0.15) is 11.4 Å². The van der Waals surface area contributed by atoms with Crippen LogP contribution in [0.25, 0.3) is 0 Å². The van der Waals surface area contributed by atoms with Crippen LogP contribution in [0.15, 0.2) is 28.7 Å². The van der Waals surface area contributed by atoms with Crippen molar-refractivity contribution in [3.8, 4) is 0 Å². The molecule has 0 unspecified atom stereocenters. The molecule has 0 aromatic heterocycles. The van der Waals surface area contributed by atoms with Gasteiger partial charge < -0.3 is 14.5 Å². The Kier molecular flexibility index (Phi) is 5.28. The van der Waals surface area contributed by atoms with E-state index in [-0.39, 0.29) is 23.2 Å². The summed E-state index contributed by atoms with van der Waals surface area (Å²) < 4.78 is 6.30. The fourth-order valence-corrected chi connectivity index (χ4v) is 4.70. The molecule has 0 saturated carbocycles. The molecule has 2 aliphatic heterocycles. The lowest BCUT2D eigenvalue weighted by Gasteiger charge is -2.33. The molecule has 2 fully saturated rings. The van der Waals surface area contributed by atoms with Gasteiger partial charge in [0, 0.05) is 30.2 Å². The fraction of sp³-hybridized carbons (Fsp3) is 0.500. The van der Waals surface area contributed by atoms with Crippen molar-refractivity contribution in [3.63, 3.8) is 0 Å². The van der Waals surface area contributed by atoms with Crippen LogP contribution in [-0.2, 0) is 14.3 Å². The molecule has 3 rings (SSSR count). The highest BCUT2D eigenvalue weighted by Gasteiger charge is 2.42. The van der Waals surface area contributed by atoms with Crippen molar-refractivity contribution < 1.29 is 14.3 Å². The quantitative estimate of drug-likeness (QED) is 0.766. The molecule has 2 saturated heterocycles. The maximum absolute atomic E-state index is 12.8. The second-order valence-electron chi connectivity index (χ2n) is 5.62. The Balaban J connectivity index is 1.80. The minimum absolute atomic E-state index is 0.0376. The number of hydrogen-bond donors (Lipinski definition) is 0. The summed E-state index contributed by atoms with van der Waals surface area (Å²) in [6, 6.07) is 7.54. The van der Waals surface area contributed by atoms with E-state index in [0.717, 1.165) is 10.0 Å². The molecule has 0 aliphatic carbocycles. The second-order valence-corrected chi connectivity index (χ2v) is 7.65. The molecule has 1 aromatic rings. The fourth-order valence-electron chi connectivity index (χ4n) is 2.96. The van der Waals surface area contributed by atoms with Crippen LogP contribution in [0.2, 0.25) is 0 Å². The Bertz CT molecular complexity index is 589. The summed E-state index contributed by atoms with van der Waals surface area (Å²) >= 11 is 5.07. The van der Waals surface area contributed by atoms with E-state index in [1.54, 1.807) is 16.7 Å². The van der Waals surface area contributed by atoms with Crippen molar-refractivity contribution >= 4 is 39.5 Å². The third-order valence-electron chi connectivity index (χ3n) is 4.13. The number of halogens is 1. The van der Waals surface area contributed by atoms with Gasteiger partial charge in [-0.15, -0.1) is 11.8 Å². The van der Waals surface area contributed by atoms with E-state index in [1.807, 2.05) is 29.2 Å². The zero-order valence-corrected chi connectivity index (χ0v) is 15.3. The maximum Gasteiger partial charge on any atom is 0.246 e. The monoisotopic (exact) mass is 398 g/mol. The number of hydrogen-bond acceptors (Lipinski definition) is 4. The van der Waals surface area contributed by atoms with E-state index >= 15 is 0 Å². The lowest BCUT2D eigenvalue weighted by Crippen LogP contribution is -2.52. The van der Waals surface area contributed by atoms with Gasteiger partial charge in [-0.05, 0) is 17.7 Å². The number of ether oxygens (including phenoxy) is 1. The smallest absolute Gasteiger partial charge is 0.246 e. The normalized spacial score (nSPS) is 24.8. The van der Waals surface area contributed by atoms with Crippen LogP contribution in [0.5, 0.6) is 0 Å². The van der Waals surface area contributed by atoms with Gasteiger partial charge in [-0.25, -0.2) is 0 Å². The summed E-state index contributed by atoms with van der Waals surface area (Å²) in [5, 5.41) is -0.101. The van der Waals surface area contributed by atoms with Crippen LogP contribution in [0.1, 0.15) is 17.9 Å².